The minimum Gasteiger partial charge on any atom is -0.378 e. The van der Waals surface area contributed by atoms with E-state index < -0.39 is 29.6 Å². The number of ether oxygens (including phenoxy) is 1. The molecule has 1 aliphatic heterocycles. The summed E-state index contributed by atoms with van der Waals surface area (Å²) in [7, 11) is 0. The van der Waals surface area contributed by atoms with Gasteiger partial charge in [-0.05, 0) is 42.9 Å². The topological polar surface area (TPSA) is 123 Å². The molecule has 46 heavy (non-hydrogen) atoms. The predicted molar refractivity (Wildman–Crippen MR) is 177 cm³/mol. The Labute approximate surface area is 272 Å². The van der Waals surface area contributed by atoms with Crippen LogP contribution in [0.25, 0.3) is 0 Å². The fourth-order valence-electron chi connectivity index (χ4n) is 6.45. The van der Waals surface area contributed by atoms with Crippen LogP contribution in [0.1, 0.15) is 88.1 Å². The van der Waals surface area contributed by atoms with Crippen LogP contribution >= 0.6 is 0 Å². The highest BCUT2D eigenvalue weighted by Crippen LogP contribution is 2.28. The summed E-state index contributed by atoms with van der Waals surface area (Å²) >= 11 is 0. The van der Waals surface area contributed by atoms with Gasteiger partial charge < -0.3 is 15.0 Å². The van der Waals surface area contributed by atoms with Crippen molar-refractivity contribution >= 4 is 34.9 Å². The third-order valence-electron chi connectivity index (χ3n) is 9.41. The lowest BCUT2D eigenvalue weighted by molar-refractivity contribution is -0.142. The number of benzene rings is 1. The fourth-order valence-corrected chi connectivity index (χ4v) is 6.45. The molecule has 1 saturated heterocycles. The maximum atomic E-state index is 13.7. The van der Waals surface area contributed by atoms with Gasteiger partial charge in [0.2, 0.25) is 11.7 Å². The third kappa shape index (κ3) is 10.1. The van der Waals surface area contributed by atoms with E-state index in [4.69, 9.17) is 4.74 Å². The second kappa shape index (κ2) is 17.3. The van der Waals surface area contributed by atoms with Crippen LogP contribution < -0.4 is 10.2 Å². The molecule has 2 aromatic rings. The van der Waals surface area contributed by atoms with E-state index in [0.29, 0.717) is 44.1 Å². The molecule has 1 aliphatic carbocycles. The standard InChI is InChI=1S/C37H49N3O6/c1-25(2)31(36(44)34(43)21-28-12-8-5-9-13-28)24-32(41)26(3)39-37(45)30(20-27-10-6-4-7-11-27)22-33(42)29-14-15-38-35(23-29)40-16-18-46-19-17-40/h4,6-7,10-11,14-15,23,25-26,28,30-31H,5,8-9,12-13,16-22,24H2,1-3H3,(H,39,45)/t26-,30+,31-/m0/s1. The Balaban J connectivity index is 1.41. The second-order valence-electron chi connectivity index (χ2n) is 13.3. The van der Waals surface area contributed by atoms with Gasteiger partial charge in [0, 0.05) is 55.9 Å². The van der Waals surface area contributed by atoms with E-state index in [2.05, 4.69) is 15.2 Å². The van der Waals surface area contributed by atoms with E-state index in [1.807, 2.05) is 44.2 Å². The average molecular weight is 632 g/mol. The monoisotopic (exact) mass is 631 g/mol. The number of ketones is 4. The maximum absolute atomic E-state index is 13.7. The molecule has 1 aromatic carbocycles. The lowest BCUT2D eigenvalue weighted by atomic mass is 9.80. The van der Waals surface area contributed by atoms with Gasteiger partial charge in [-0.15, -0.1) is 0 Å². The molecule has 3 atom stereocenters. The number of anilines is 1. The summed E-state index contributed by atoms with van der Waals surface area (Å²) in [6.07, 6.45) is 7.31. The molecule has 0 unspecified atom stereocenters. The lowest BCUT2D eigenvalue weighted by Crippen LogP contribution is -2.44. The number of aromatic nitrogens is 1. The fraction of sp³-hybridized carbons (Fsp3) is 0.568. The molecule has 0 spiro atoms. The number of hydrogen-bond acceptors (Lipinski definition) is 8. The molecular weight excluding hydrogens is 582 g/mol. The van der Waals surface area contributed by atoms with Crippen molar-refractivity contribution in [1.82, 2.24) is 10.3 Å². The smallest absolute Gasteiger partial charge is 0.224 e. The Bertz CT molecular complexity index is 1350. The van der Waals surface area contributed by atoms with Crippen LogP contribution in [0.5, 0.6) is 0 Å². The summed E-state index contributed by atoms with van der Waals surface area (Å²) < 4.78 is 5.43. The van der Waals surface area contributed by atoms with E-state index >= 15 is 0 Å². The van der Waals surface area contributed by atoms with Gasteiger partial charge in [0.05, 0.1) is 19.3 Å². The second-order valence-corrected chi connectivity index (χ2v) is 13.3. The van der Waals surface area contributed by atoms with Crippen molar-refractivity contribution in [3.05, 3.63) is 59.8 Å². The molecule has 1 saturated carbocycles. The van der Waals surface area contributed by atoms with Gasteiger partial charge in [-0.1, -0.05) is 76.3 Å². The predicted octanol–water partition coefficient (Wildman–Crippen LogP) is 5.19. The number of nitrogens with zero attached hydrogens (tertiary/aromatic N) is 2. The minimum absolute atomic E-state index is 0.0447. The molecule has 2 fully saturated rings. The van der Waals surface area contributed by atoms with E-state index in [1.165, 1.54) is 6.42 Å². The Kier molecular flexibility index (Phi) is 13.2. The molecule has 1 amide bonds. The van der Waals surface area contributed by atoms with Crippen LogP contribution in [0.4, 0.5) is 5.82 Å². The first-order chi connectivity index (χ1) is 22.1. The summed E-state index contributed by atoms with van der Waals surface area (Å²) in [5.41, 5.74) is 1.38. The zero-order valence-electron chi connectivity index (χ0n) is 27.5. The molecule has 2 aliphatic rings. The number of nitrogens with one attached hydrogen (secondary N) is 1. The van der Waals surface area contributed by atoms with Crippen LogP contribution in [0.3, 0.4) is 0 Å². The molecule has 1 N–H and O–H groups in total. The van der Waals surface area contributed by atoms with E-state index in [-0.39, 0.29) is 48.4 Å². The van der Waals surface area contributed by atoms with Gasteiger partial charge in [-0.3, -0.25) is 24.0 Å². The van der Waals surface area contributed by atoms with Crippen molar-refractivity contribution < 1.29 is 28.7 Å². The van der Waals surface area contributed by atoms with Crippen molar-refractivity contribution in [2.45, 2.75) is 84.6 Å². The van der Waals surface area contributed by atoms with Gasteiger partial charge in [0.1, 0.15) is 5.82 Å². The summed E-state index contributed by atoms with van der Waals surface area (Å²) in [4.78, 5) is 73.1. The van der Waals surface area contributed by atoms with Crippen molar-refractivity contribution in [3.8, 4) is 0 Å². The first kappa shape index (κ1) is 35.1. The highest BCUT2D eigenvalue weighted by molar-refractivity contribution is 6.38. The number of hydrogen-bond donors (Lipinski definition) is 1. The normalized spacial score (nSPS) is 17.6. The van der Waals surface area contributed by atoms with Gasteiger partial charge >= 0.3 is 0 Å². The molecule has 9 nitrogen and oxygen atoms in total. The molecule has 0 radical (unpaired) electrons. The van der Waals surface area contributed by atoms with Crippen molar-refractivity contribution in [1.29, 1.82) is 0 Å². The van der Waals surface area contributed by atoms with Crippen LogP contribution in [-0.4, -0.2) is 66.4 Å². The molecular formula is C37H49N3O6. The third-order valence-corrected chi connectivity index (χ3v) is 9.41. The van der Waals surface area contributed by atoms with Gasteiger partial charge in [0.15, 0.2) is 17.3 Å². The highest BCUT2D eigenvalue weighted by atomic mass is 16.5. The number of rotatable bonds is 16. The van der Waals surface area contributed by atoms with Crippen LogP contribution in [0, 0.1) is 23.7 Å². The van der Waals surface area contributed by atoms with Crippen LogP contribution in [-0.2, 0) is 30.3 Å². The molecule has 248 valence electrons. The van der Waals surface area contributed by atoms with Crippen LogP contribution in [0.15, 0.2) is 48.7 Å². The zero-order chi connectivity index (χ0) is 33.1. The van der Waals surface area contributed by atoms with Crippen molar-refractivity contribution in [3.63, 3.8) is 0 Å². The van der Waals surface area contributed by atoms with Gasteiger partial charge in [0.25, 0.3) is 0 Å². The van der Waals surface area contributed by atoms with Crippen LogP contribution in [0.2, 0.25) is 0 Å². The number of amides is 1. The number of carbonyl (C=O) groups excluding carboxylic acids is 5. The minimum atomic E-state index is -0.878. The quantitative estimate of drug-likeness (QED) is 0.198. The molecule has 1 aromatic heterocycles. The molecule has 9 heteroatoms. The van der Waals surface area contributed by atoms with Gasteiger partial charge in [-0.2, -0.15) is 0 Å². The van der Waals surface area contributed by atoms with E-state index in [0.717, 1.165) is 31.2 Å². The first-order valence-corrected chi connectivity index (χ1v) is 16.9. The summed E-state index contributed by atoms with van der Waals surface area (Å²) in [6.45, 7) is 7.86. The van der Waals surface area contributed by atoms with E-state index in [9.17, 15) is 24.0 Å². The van der Waals surface area contributed by atoms with Crippen molar-refractivity contribution in [2.24, 2.45) is 23.7 Å². The summed E-state index contributed by atoms with van der Waals surface area (Å²) in [5.74, 6) is -2.45. The molecule has 0 bridgehead atoms. The highest BCUT2D eigenvalue weighted by Gasteiger charge is 2.33. The average Bonchev–Trinajstić information content (AvgIpc) is 3.07. The summed E-state index contributed by atoms with van der Waals surface area (Å²) in [6, 6.07) is 12.0. The van der Waals surface area contributed by atoms with E-state index in [1.54, 1.807) is 25.3 Å². The number of morpholine rings is 1. The Hall–Kier alpha value is -3.72. The number of pyridine rings is 1. The maximum Gasteiger partial charge on any atom is 0.224 e. The Morgan fingerprint density at radius 1 is 0.935 bits per heavy atom. The Morgan fingerprint density at radius 2 is 1.63 bits per heavy atom. The number of Topliss-reactive ketones (excluding diaryl/α,β-unsaturated/α-hetero) is 4. The molecule has 2 heterocycles. The Morgan fingerprint density at radius 3 is 2.30 bits per heavy atom. The largest absolute Gasteiger partial charge is 0.378 e. The molecule has 4 rings (SSSR count). The lowest BCUT2D eigenvalue weighted by Gasteiger charge is -2.28. The summed E-state index contributed by atoms with van der Waals surface area (Å²) in [5, 5.41) is 2.83. The zero-order valence-corrected chi connectivity index (χ0v) is 27.5. The number of carbonyl (C=O) groups is 5. The van der Waals surface area contributed by atoms with Gasteiger partial charge in [-0.25, -0.2) is 4.98 Å². The van der Waals surface area contributed by atoms with Crippen molar-refractivity contribution in [2.75, 3.05) is 31.2 Å². The SMILES string of the molecule is CC(C)[C@H](CC(=O)[C@H](C)NC(=O)[C@@H](CC(=O)c1ccnc(N2CCOCC2)c1)Cc1ccccc1)C(=O)C(=O)CC1CCCCC1. The first-order valence-electron chi connectivity index (χ1n) is 16.9.